The van der Waals surface area contributed by atoms with Gasteiger partial charge in [-0.05, 0) is 20.8 Å². The molecular formula is C16H21N3O. The molecule has 0 amide bonds. The van der Waals surface area contributed by atoms with E-state index in [2.05, 4.69) is 15.3 Å². The zero-order valence-corrected chi connectivity index (χ0v) is 12.5. The van der Waals surface area contributed by atoms with Gasteiger partial charge < -0.3 is 10.1 Å². The molecule has 1 aromatic heterocycles. The fraction of sp³-hybridized carbons (Fsp3) is 0.375. The molecule has 0 saturated carbocycles. The highest BCUT2D eigenvalue weighted by atomic mass is 16.5. The number of nitrogens with one attached hydrogen (secondary N) is 1. The molecule has 0 unspecified atom stereocenters. The van der Waals surface area contributed by atoms with E-state index in [1.165, 1.54) is 0 Å². The van der Waals surface area contributed by atoms with Crippen molar-refractivity contribution in [3.05, 3.63) is 42.2 Å². The molecule has 1 heterocycles. The average Bonchev–Trinajstić information content (AvgIpc) is 2.48. The Morgan fingerprint density at radius 3 is 2.45 bits per heavy atom. The third-order valence-corrected chi connectivity index (χ3v) is 3.20. The van der Waals surface area contributed by atoms with E-state index >= 15 is 0 Å². The number of methoxy groups -OCH3 is 1. The standard InChI is InChI=1S/C16H21N3O/c1-5-17-14-11-13(12-9-7-6-8-10-12)18-15(19-14)16(2,3)20-4/h6-11H,5H2,1-4H3,(H,17,18,19). The predicted molar refractivity (Wildman–Crippen MR) is 81.7 cm³/mol. The van der Waals surface area contributed by atoms with Gasteiger partial charge in [0.1, 0.15) is 11.4 Å². The topological polar surface area (TPSA) is 47.0 Å². The molecule has 0 spiro atoms. The van der Waals surface area contributed by atoms with Crippen molar-refractivity contribution in [2.24, 2.45) is 0 Å². The maximum absolute atomic E-state index is 5.49. The summed E-state index contributed by atoms with van der Waals surface area (Å²) in [6.07, 6.45) is 0. The molecule has 0 bridgehead atoms. The quantitative estimate of drug-likeness (QED) is 0.904. The number of nitrogens with zero attached hydrogens (tertiary/aromatic N) is 2. The molecule has 0 saturated heterocycles. The van der Waals surface area contributed by atoms with Crippen LogP contribution in [0.2, 0.25) is 0 Å². The molecule has 4 nitrogen and oxygen atoms in total. The van der Waals surface area contributed by atoms with E-state index in [-0.39, 0.29) is 0 Å². The second kappa shape index (κ2) is 6.01. The van der Waals surface area contributed by atoms with Gasteiger partial charge in [-0.3, -0.25) is 0 Å². The molecule has 2 aromatic rings. The van der Waals surface area contributed by atoms with Gasteiger partial charge in [-0.15, -0.1) is 0 Å². The zero-order chi connectivity index (χ0) is 14.6. The zero-order valence-electron chi connectivity index (χ0n) is 12.5. The summed E-state index contributed by atoms with van der Waals surface area (Å²) >= 11 is 0. The number of hydrogen-bond donors (Lipinski definition) is 1. The molecule has 106 valence electrons. The Balaban J connectivity index is 2.52. The van der Waals surface area contributed by atoms with Crippen LogP contribution in [0.5, 0.6) is 0 Å². The summed E-state index contributed by atoms with van der Waals surface area (Å²) in [5, 5.41) is 3.25. The Bertz CT molecular complexity index is 567. The lowest BCUT2D eigenvalue weighted by atomic mass is 10.1. The van der Waals surface area contributed by atoms with Crippen LogP contribution in [-0.4, -0.2) is 23.6 Å². The summed E-state index contributed by atoms with van der Waals surface area (Å²) in [7, 11) is 1.67. The summed E-state index contributed by atoms with van der Waals surface area (Å²) in [5.41, 5.74) is 1.45. The van der Waals surface area contributed by atoms with Crippen LogP contribution < -0.4 is 5.32 Å². The van der Waals surface area contributed by atoms with Crippen LogP contribution >= 0.6 is 0 Å². The minimum absolute atomic E-state index is 0.519. The molecule has 0 aliphatic heterocycles. The number of rotatable bonds is 5. The van der Waals surface area contributed by atoms with E-state index in [0.29, 0.717) is 5.82 Å². The molecule has 2 rings (SSSR count). The van der Waals surface area contributed by atoms with Crippen molar-refractivity contribution in [2.45, 2.75) is 26.4 Å². The molecule has 0 atom stereocenters. The first kappa shape index (κ1) is 14.5. The molecule has 0 aliphatic rings. The van der Waals surface area contributed by atoms with Gasteiger partial charge in [0.05, 0.1) is 5.69 Å². The largest absolute Gasteiger partial charge is 0.371 e. The normalized spacial score (nSPS) is 11.4. The van der Waals surface area contributed by atoms with Crippen molar-refractivity contribution in [3.63, 3.8) is 0 Å². The van der Waals surface area contributed by atoms with Gasteiger partial charge in [-0.25, -0.2) is 9.97 Å². The van der Waals surface area contributed by atoms with E-state index in [0.717, 1.165) is 23.6 Å². The van der Waals surface area contributed by atoms with Gasteiger partial charge in [0.15, 0.2) is 5.82 Å². The Kier molecular flexibility index (Phi) is 4.35. The smallest absolute Gasteiger partial charge is 0.162 e. The minimum atomic E-state index is -0.519. The van der Waals surface area contributed by atoms with Crippen LogP contribution in [0.15, 0.2) is 36.4 Å². The highest BCUT2D eigenvalue weighted by molar-refractivity contribution is 5.62. The second-order valence-electron chi connectivity index (χ2n) is 5.07. The van der Waals surface area contributed by atoms with Crippen molar-refractivity contribution < 1.29 is 4.74 Å². The van der Waals surface area contributed by atoms with E-state index in [9.17, 15) is 0 Å². The lowest BCUT2D eigenvalue weighted by Gasteiger charge is -2.22. The van der Waals surface area contributed by atoms with Gasteiger partial charge in [0.2, 0.25) is 0 Å². The molecule has 1 N–H and O–H groups in total. The molecule has 0 radical (unpaired) electrons. The Hall–Kier alpha value is -1.94. The van der Waals surface area contributed by atoms with Gasteiger partial charge in [0.25, 0.3) is 0 Å². The Morgan fingerprint density at radius 2 is 1.85 bits per heavy atom. The van der Waals surface area contributed by atoms with Crippen molar-refractivity contribution in [3.8, 4) is 11.3 Å². The molecular weight excluding hydrogens is 250 g/mol. The molecule has 20 heavy (non-hydrogen) atoms. The summed E-state index contributed by atoms with van der Waals surface area (Å²) < 4.78 is 5.49. The van der Waals surface area contributed by atoms with Crippen LogP contribution in [0.4, 0.5) is 5.82 Å². The third kappa shape index (κ3) is 3.14. The fourth-order valence-electron chi connectivity index (χ4n) is 1.84. The van der Waals surface area contributed by atoms with Crippen LogP contribution in [0.25, 0.3) is 11.3 Å². The van der Waals surface area contributed by atoms with Crippen molar-refractivity contribution >= 4 is 5.82 Å². The van der Waals surface area contributed by atoms with E-state index in [4.69, 9.17) is 4.74 Å². The molecule has 0 aliphatic carbocycles. The first-order valence-electron chi connectivity index (χ1n) is 6.81. The van der Waals surface area contributed by atoms with Gasteiger partial charge in [-0.2, -0.15) is 0 Å². The summed E-state index contributed by atoms with van der Waals surface area (Å²) in [6.45, 7) is 6.79. The van der Waals surface area contributed by atoms with Gasteiger partial charge >= 0.3 is 0 Å². The van der Waals surface area contributed by atoms with Crippen LogP contribution in [0.1, 0.15) is 26.6 Å². The monoisotopic (exact) mass is 271 g/mol. The van der Waals surface area contributed by atoms with E-state index in [1.807, 2.05) is 57.2 Å². The molecule has 0 fully saturated rings. The molecule has 4 heteroatoms. The van der Waals surface area contributed by atoms with Crippen LogP contribution in [0.3, 0.4) is 0 Å². The average molecular weight is 271 g/mol. The summed E-state index contributed by atoms with van der Waals surface area (Å²) in [4.78, 5) is 9.20. The predicted octanol–water partition coefficient (Wildman–Crippen LogP) is 3.46. The maximum atomic E-state index is 5.49. The summed E-state index contributed by atoms with van der Waals surface area (Å²) in [5.74, 6) is 1.50. The number of aromatic nitrogens is 2. The van der Waals surface area contributed by atoms with Crippen molar-refractivity contribution in [1.82, 2.24) is 9.97 Å². The fourth-order valence-corrected chi connectivity index (χ4v) is 1.84. The highest BCUT2D eigenvalue weighted by Gasteiger charge is 2.24. The number of ether oxygens (including phenoxy) is 1. The number of anilines is 1. The summed E-state index contributed by atoms with van der Waals surface area (Å²) in [6, 6.07) is 12.1. The first-order valence-corrected chi connectivity index (χ1v) is 6.81. The third-order valence-electron chi connectivity index (χ3n) is 3.20. The second-order valence-corrected chi connectivity index (χ2v) is 5.07. The van der Waals surface area contributed by atoms with Crippen LogP contribution in [-0.2, 0) is 10.3 Å². The van der Waals surface area contributed by atoms with E-state index < -0.39 is 5.60 Å². The van der Waals surface area contributed by atoms with Crippen molar-refractivity contribution in [1.29, 1.82) is 0 Å². The van der Waals surface area contributed by atoms with E-state index in [1.54, 1.807) is 7.11 Å². The number of hydrogen-bond acceptors (Lipinski definition) is 4. The SMILES string of the molecule is CCNc1cc(-c2ccccc2)nc(C(C)(C)OC)n1. The lowest BCUT2D eigenvalue weighted by Crippen LogP contribution is -2.23. The van der Waals surface area contributed by atoms with Gasteiger partial charge in [-0.1, -0.05) is 30.3 Å². The number of benzene rings is 1. The van der Waals surface area contributed by atoms with Gasteiger partial charge in [0, 0.05) is 25.3 Å². The first-order chi connectivity index (χ1) is 9.56. The maximum Gasteiger partial charge on any atom is 0.162 e. The Labute approximate surface area is 120 Å². The lowest BCUT2D eigenvalue weighted by molar-refractivity contribution is 0.0117. The minimum Gasteiger partial charge on any atom is -0.371 e. The van der Waals surface area contributed by atoms with Crippen LogP contribution in [0, 0.1) is 0 Å². The van der Waals surface area contributed by atoms with Crippen molar-refractivity contribution in [2.75, 3.05) is 19.0 Å². The molecule has 1 aromatic carbocycles. The Morgan fingerprint density at radius 1 is 1.15 bits per heavy atom. The highest BCUT2D eigenvalue weighted by Crippen LogP contribution is 2.26.